The van der Waals surface area contributed by atoms with Gasteiger partial charge >= 0.3 is 6.09 Å². The fraction of sp³-hybridized carbons (Fsp3) is 0.591. The Morgan fingerprint density at radius 2 is 2.13 bits per heavy atom. The number of amides is 2. The van der Waals surface area contributed by atoms with Gasteiger partial charge in [0.2, 0.25) is 5.91 Å². The number of cyclic esters (lactones) is 1. The van der Waals surface area contributed by atoms with Gasteiger partial charge in [0.05, 0.1) is 24.3 Å². The number of terminal acetylenes is 1. The Kier molecular flexibility index (Phi) is 7.43. The number of pyridine rings is 1. The SMILES string of the molecule is C#CCC[C@@H](C(=O)N1C(=O)OC[C@@H]1C)[C@H](O[Si](C)(C)C(C)(C)C)c1cncc(F)c1. The minimum atomic E-state index is -2.38. The molecule has 0 radical (unpaired) electrons. The van der Waals surface area contributed by atoms with Crippen LogP contribution in [0.4, 0.5) is 9.18 Å². The first-order valence-electron chi connectivity index (χ1n) is 10.1. The lowest BCUT2D eigenvalue weighted by atomic mass is 9.90. The summed E-state index contributed by atoms with van der Waals surface area (Å²) in [5, 5.41) is -0.147. The van der Waals surface area contributed by atoms with Crippen molar-refractivity contribution in [3.8, 4) is 12.3 Å². The third-order valence-electron chi connectivity index (χ3n) is 5.89. The number of nitrogens with zero attached hydrogens (tertiary/aromatic N) is 2. The van der Waals surface area contributed by atoms with E-state index in [4.69, 9.17) is 15.6 Å². The van der Waals surface area contributed by atoms with Crippen molar-refractivity contribution in [3.63, 3.8) is 0 Å². The highest BCUT2D eigenvalue weighted by Crippen LogP contribution is 2.43. The van der Waals surface area contributed by atoms with Gasteiger partial charge in [0, 0.05) is 18.2 Å². The van der Waals surface area contributed by atoms with Gasteiger partial charge in [-0.25, -0.2) is 14.1 Å². The van der Waals surface area contributed by atoms with Crippen LogP contribution in [0.1, 0.15) is 52.2 Å². The lowest BCUT2D eigenvalue weighted by Gasteiger charge is -2.41. The quantitative estimate of drug-likeness (QED) is 0.460. The second-order valence-electron chi connectivity index (χ2n) is 9.22. The Labute approximate surface area is 179 Å². The van der Waals surface area contributed by atoms with Gasteiger partial charge in [-0.05, 0) is 37.5 Å². The molecule has 0 spiro atoms. The van der Waals surface area contributed by atoms with E-state index >= 15 is 0 Å². The highest BCUT2D eigenvalue weighted by atomic mass is 28.4. The van der Waals surface area contributed by atoms with Crippen LogP contribution in [-0.4, -0.2) is 42.9 Å². The van der Waals surface area contributed by atoms with Gasteiger partial charge in [0.15, 0.2) is 8.32 Å². The predicted octanol–water partition coefficient (Wildman–Crippen LogP) is 4.68. The second-order valence-corrected chi connectivity index (χ2v) is 14.0. The van der Waals surface area contributed by atoms with E-state index in [9.17, 15) is 14.0 Å². The van der Waals surface area contributed by atoms with Crippen LogP contribution in [0.15, 0.2) is 18.5 Å². The third-order valence-corrected chi connectivity index (χ3v) is 10.3. The van der Waals surface area contributed by atoms with Crippen LogP contribution >= 0.6 is 0 Å². The molecule has 0 aromatic carbocycles. The first-order chi connectivity index (χ1) is 13.9. The highest BCUT2D eigenvalue weighted by Gasteiger charge is 2.46. The van der Waals surface area contributed by atoms with E-state index in [1.165, 1.54) is 12.3 Å². The van der Waals surface area contributed by atoms with Crippen LogP contribution in [0.3, 0.4) is 0 Å². The maximum Gasteiger partial charge on any atom is 0.416 e. The summed E-state index contributed by atoms with van der Waals surface area (Å²) in [6.45, 7) is 12.2. The molecular formula is C22H31FN2O4Si. The average molecular weight is 435 g/mol. The van der Waals surface area contributed by atoms with Crippen molar-refractivity contribution in [1.82, 2.24) is 9.88 Å². The Hall–Kier alpha value is -2.24. The van der Waals surface area contributed by atoms with Gasteiger partial charge in [-0.3, -0.25) is 9.78 Å². The van der Waals surface area contributed by atoms with Crippen molar-refractivity contribution in [2.45, 2.75) is 70.8 Å². The number of aromatic nitrogens is 1. The molecule has 30 heavy (non-hydrogen) atoms. The number of halogens is 1. The topological polar surface area (TPSA) is 68.7 Å². The summed E-state index contributed by atoms with van der Waals surface area (Å²) in [6.07, 6.45) is 7.22. The van der Waals surface area contributed by atoms with Gasteiger partial charge < -0.3 is 9.16 Å². The summed E-state index contributed by atoms with van der Waals surface area (Å²) in [5.41, 5.74) is 0.454. The fourth-order valence-corrected chi connectivity index (χ4v) is 4.39. The molecule has 0 N–H and O–H groups in total. The number of hydrogen-bond acceptors (Lipinski definition) is 5. The van der Waals surface area contributed by atoms with Crippen molar-refractivity contribution < 1.29 is 23.1 Å². The molecule has 1 aliphatic heterocycles. The molecule has 2 rings (SSSR count). The van der Waals surface area contributed by atoms with Gasteiger partial charge in [-0.1, -0.05) is 20.8 Å². The smallest absolute Gasteiger partial charge is 0.416 e. The maximum absolute atomic E-state index is 14.0. The van der Waals surface area contributed by atoms with Crippen LogP contribution in [0.5, 0.6) is 0 Å². The molecule has 1 aliphatic rings. The minimum Gasteiger partial charge on any atom is -0.447 e. The molecule has 1 aromatic rings. The van der Waals surface area contributed by atoms with Crippen LogP contribution in [-0.2, 0) is 14.0 Å². The van der Waals surface area contributed by atoms with Crippen molar-refractivity contribution in [2.75, 3.05) is 6.61 Å². The van der Waals surface area contributed by atoms with Crippen molar-refractivity contribution in [1.29, 1.82) is 0 Å². The van der Waals surface area contributed by atoms with E-state index in [0.29, 0.717) is 18.4 Å². The van der Waals surface area contributed by atoms with Crippen LogP contribution in [0, 0.1) is 24.1 Å². The van der Waals surface area contributed by atoms with E-state index in [2.05, 4.69) is 44.8 Å². The number of carbonyl (C=O) groups excluding carboxylic acids is 2. The summed E-state index contributed by atoms with van der Waals surface area (Å²) >= 11 is 0. The van der Waals surface area contributed by atoms with Crippen molar-refractivity contribution in [3.05, 3.63) is 29.8 Å². The molecule has 0 unspecified atom stereocenters. The summed E-state index contributed by atoms with van der Waals surface area (Å²) in [5.74, 6) is 0.842. The van der Waals surface area contributed by atoms with E-state index in [1.54, 1.807) is 6.92 Å². The van der Waals surface area contributed by atoms with Crippen LogP contribution in [0.25, 0.3) is 0 Å². The Morgan fingerprint density at radius 3 is 2.63 bits per heavy atom. The summed E-state index contributed by atoms with van der Waals surface area (Å²) in [4.78, 5) is 30.8. The molecule has 0 aliphatic carbocycles. The van der Waals surface area contributed by atoms with E-state index < -0.39 is 44.2 Å². The first kappa shape index (κ1) is 24.0. The van der Waals surface area contributed by atoms with E-state index in [0.717, 1.165) is 11.1 Å². The van der Waals surface area contributed by atoms with E-state index in [-0.39, 0.29) is 11.6 Å². The minimum absolute atomic E-state index is 0.141. The Bertz CT molecular complexity index is 831. The van der Waals surface area contributed by atoms with Gasteiger partial charge in [0.1, 0.15) is 12.4 Å². The molecule has 6 nitrogen and oxygen atoms in total. The second kappa shape index (κ2) is 9.27. The van der Waals surface area contributed by atoms with Crippen LogP contribution < -0.4 is 0 Å². The lowest BCUT2D eigenvalue weighted by molar-refractivity contribution is -0.137. The summed E-state index contributed by atoms with van der Waals surface area (Å²) in [6, 6.07) is 0.935. The number of rotatable bonds is 7. The number of ether oxygens (including phenoxy) is 1. The standard InChI is InChI=1S/C22H31FN2O4Si/c1-8-9-10-18(20(26)25-15(2)14-28-21(25)27)19(16-11-17(23)13-24-12-16)29-30(6,7)22(3,4)5/h1,11-13,15,18-19H,9-10,14H2,2-7H3/t15-,18+,19+/m0/s1. The highest BCUT2D eigenvalue weighted by molar-refractivity contribution is 6.74. The van der Waals surface area contributed by atoms with E-state index in [1.807, 2.05) is 0 Å². The van der Waals surface area contributed by atoms with Gasteiger partial charge in [-0.15, -0.1) is 12.3 Å². The number of imide groups is 1. The molecule has 1 fully saturated rings. The molecule has 3 atom stereocenters. The predicted molar refractivity (Wildman–Crippen MR) is 114 cm³/mol. The third kappa shape index (κ3) is 5.27. The van der Waals surface area contributed by atoms with Gasteiger partial charge in [-0.2, -0.15) is 0 Å². The monoisotopic (exact) mass is 434 g/mol. The molecule has 1 aromatic heterocycles. The molecule has 0 saturated carbocycles. The normalized spacial score (nSPS) is 19.2. The molecule has 0 bridgehead atoms. The molecule has 1 saturated heterocycles. The fourth-order valence-electron chi connectivity index (χ4n) is 3.11. The lowest BCUT2D eigenvalue weighted by Crippen LogP contribution is -2.47. The number of hydrogen-bond donors (Lipinski definition) is 0. The largest absolute Gasteiger partial charge is 0.447 e. The maximum atomic E-state index is 14.0. The number of carbonyl (C=O) groups is 2. The summed E-state index contributed by atoms with van der Waals surface area (Å²) in [7, 11) is -2.38. The first-order valence-corrected chi connectivity index (χ1v) is 13.0. The Morgan fingerprint density at radius 1 is 1.47 bits per heavy atom. The summed E-state index contributed by atoms with van der Waals surface area (Å²) < 4.78 is 25.7. The van der Waals surface area contributed by atoms with Crippen molar-refractivity contribution >= 4 is 20.3 Å². The molecule has 164 valence electrons. The average Bonchev–Trinajstić information content (AvgIpc) is 2.98. The van der Waals surface area contributed by atoms with Crippen LogP contribution in [0.2, 0.25) is 18.1 Å². The van der Waals surface area contributed by atoms with Gasteiger partial charge in [0.25, 0.3) is 0 Å². The molecule has 2 heterocycles. The van der Waals surface area contributed by atoms with Crippen molar-refractivity contribution in [2.24, 2.45) is 5.92 Å². The zero-order valence-corrected chi connectivity index (χ0v) is 19.6. The zero-order chi connectivity index (χ0) is 22.7. The Balaban J connectivity index is 2.53. The zero-order valence-electron chi connectivity index (χ0n) is 18.6. The molecular weight excluding hydrogens is 403 g/mol. The molecule has 8 heteroatoms. The molecule has 2 amide bonds.